The van der Waals surface area contributed by atoms with Crippen LogP contribution in [0.4, 0.5) is 0 Å². The molecule has 0 atom stereocenters. The standard InChI is InChI=1S/C22H22/c1-15(2)16(3)14-22(5)20-12-8-6-10-18(20)17(4)19-11-7-9-13-21(19)22/h6-13H,1,3-4,14H2,2,5H3. The average Bonchev–Trinajstić information content (AvgIpc) is 2.53. The van der Waals surface area contributed by atoms with E-state index < -0.39 is 0 Å². The fraction of sp³-hybridized carbons (Fsp3) is 0.182. The van der Waals surface area contributed by atoms with Crippen molar-refractivity contribution in [3.63, 3.8) is 0 Å². The Kier molecular flexibility index (Phi) is 3.41. The highest BCUT2D eigenvalue weighted by molar-refractivity contribution is 5.86. The van der Waals surface area contributed by atoms with Crippen LogP contribution >= 0.6 is 0 Å². The predicted octanol–water partition coefficient (Wildman–Crippen LogP) is 5.89. The highest BCUT2D eigenvalue weighted by Crippen LogP contribution is 2.48. The summed E-state index contributed by atoms with van der Waals surface area (Å²) in [6, 6.07) is 17.2. The maximum absolute atomic E-state index is 4.34. The van der Waals surface area contributed by atoms with Gasteiger partial charge in [0.15, 0.2) is 0 Å². The van der Waals surface area contributed by atoms with Crippen molar-refractivity contribution in [1.29, 1.82) is 0 Å². The van der Waals surface area contributed by atoms with Crippen molar-refractivity contribution in [1.82, 2.24) is 0 Å². The van der Waals surface area contributed by atoms with Crippen molar-refractivity contribution in [3.8, 4) is 0 Å². The van der Waals surface area contributed by atoms with Gasteiger partial charge < -0.3 is 0 Å². The Labute approximate surface area is 133 Å². The van der Waals surface area contributed by atoms with Crippen LogP contribution in [-0.4, -0.2) is 0 Å². The summed E-state index contributed by atoms with van der Waals surface area (Å²) >= 11 is 0. The first kappa shape index (κ1) is 14.6. The van der Waals surface area contributed by atoms with Crippen LogP contribution in [0.3, 0.4) is 0 Å². The third kappa shape index (κ3) is 2.07. The van der Waals surface area contributed by atoms with Crippen molar-refractivity contribution < 1.29 is 0 Å². The summed E-state index contributed by atoms with van der Waals surface area (Å²) in [5.74, 6) is 0. The highest BCUT2D eigenvalue weighted by Gasteiger charge is 2.37. The number of benzene rings is 2. The van der Waals surface area contributed by atoms with Crippen LogP contribution in [0, 0.1) is 0 Å². The van der Waals surface area contributed by atoms with Crippen LogP contribution in [-0.2, 0) is 5.41 Å². The summed E-state index contributed by atoms with van der Waals surface area (Å²) in [5, 5.41) is 0. The summed E-state index contributed by atoms with van der Waals surface area (Å²) in [6.07, 6.45) is 0.879. The molecule has 1 aliphatic carbocycles. The van der Waals surface area contributed by atoms with E-state index >= 15 is 0 Å². The molecule has 110 valence electrons. The molecule has 2 aromatic rings. The molecule has 1 aliphatic rings. The molecular weight excluding hydrogens is 264 g/mol. The van der Waals surface area contributed by atoms with Crippen LogP contribution < -0.4 is 0 Å². The Morgan fingerprint density at radius 3 is 1.82 bits per heavy atom. The third-order valence-electron chi connectivity index (χ3n) is 4.86. The summed E-state index contributed by atoms with van der Waals surface area (Å²) in [7, 11) is 0. The van der Waals surface area contributed by atoms with Crippen LogP contribution in [0.1, 0.15) is 42.5 Å². The molecule has 0 aliphatic heterocycles. The van der Waals surface area contributed by atoms with Gasteiger partial charge in [0.25, 0.3) is 0 Å². The fourth-order valence-corrected chi connectivity index (χ4v) is 3.51. The number of fused-ring (bicyclic) bond motifs is 2. The van der Waals surface area contributed by atoms with Crippen LogP contribution in [0.25, 0.3) is 5.57 Å². The quantitative estimate of drug-likeness (QED) is 0.617. The van der Waals surface area contributed by atoms with E-state index in [0.29, 0.717) is 0 Å². The fourth-order valence-electron chi connectivity index (χ4n) is 3.51. The molecule has 0 radical (unpaired) electrons. The second-order valence-corrected chi connectivity index (χ2v) is 6.46. The zero-order valence-corrected chi connectivity index (χ0v) is 13.4. The van der Waals surface area contributed by atoms with Gasteiger partial charge in [-0.1, -0.05) is 86.3 Å². The third-order valence-corrected chi connectivity index (χ3v) is 4.86. The zero-order chi connectivity index (χ0) is 15.9. The molecule has 0 heteroatoms. The van der Waals surface area contributed by atoms with E-state index in [4.69, 9.17) is 0 Å². The maximum atomic E-state index is 4.34. The molecule has 0 aromatic heterocycles. The van der Waals surface area contributed by atoms with Crippen molar-refractivity contribution in [2.45, 2.75) is 25.7 Å². The first-order valence-corrected chi connectivity index (χ1v) is 7.67. The minimum absolute atomic E-state index is 0.0928. The Balaban J connectivity index is 2.26. The molecule has 0 saturated heterocycles. The van der Waals surface area contributed by atoms with Gasteiger partial charge in [-0.15, -0.1) is 0 Å². The number of hydrogen-bond acceptors (Lipinski definition) is 0. The summed E-state index contributed by atoms with van der Waals surface area (Å²) in [4.78, 5) is 0. The van der Waals surface area contributed by atoms with Gasteiger partial charge in [0, 0.05) is 5.41 Å². The van der Waals surface area contributed by atoms with Crippen LogP contribution in [0.5, 0.6) is 0 Å². The van der Waals surface area contributed by atoms with Gasteiger partial charge in [-0.2, -0.15) is 0 Å². The van der Waals surface area contributed by atoms with Gasteiger partial charge in [-0.25, -0.2) is 0 Å². The lowest BCUT2D eigenvalue weighted by Gasteiger charge is -2.39. The van der Waals surface area contributed by atoms with E-state index in [1.165, 1.54) is 22.3 Å². The smallest absolute Gasteiger partial charge is 0.0227 e. The van der Waals surface area contributed by atoms with Gasteiger partial charge in [-0.3, -0.25) is 0 Å². The van der Waals surface area contributed by atoms with E-state index in [9.17, 15) is 0 Å². The molecule has 0 heterocycles. The van der Waals surface area contributed by atoms with Gasteiger partial charge >= 0.3 is 0 Å². The zero-order valence-electron chi connectivity index (χ0n) is 13.4. The van der Waals surface area contributed by atoms with Gasteiger partial charge in [0.2, 0.25) is 0 Å². The van der Waals surface area contributed by atoms with Gasteiger partial charge in [-0.05, 0) is 41.2 Å². The molecule has 0 fully saturated rings. The maximum Gasteiger partial charge on any atom is 0.0227 e. The van der Waals surface area contributed by atoms with E-state index in [-0.39, 0.29) is 5.41 Å². The SMILES string of the molecule is C=C(C)C(=C)CC1(C)c2ccccc2C(=C)c2ccccc21. The lowest BCUT2D eigenvalue weighted by molar-refractivity contribution is 0.560. The van der Waals surface area contributed by atoms with Crippen molar-refractivity contribution >= 4 is 5.57 Å². The highest BCUT2D eigenvalue weighted by atomic mass is 14.4. The number of allylic oxidation sites excluding steroid dienone is 2. The predicted molar refractivity (Wildman–Crippen MR) is 96.0 cm³/mol. The Bertz CT molecular complexity index is 740. The van der Waals surface area contributed by atoms with Crippen molar-refractivity contribution in [3.05, 3.63) is 102 Å². The van der Waals surface area contributed by atoms with E-state index in [1.54, 1.807) is 0 Å². The minimum atomic E-state index is -0.0928. The second kappa shape index (κ2) is 5.14. The largest absolute Gasteiger partial charge is 0.0959 e. The second-order valence-electron chi connectivity index (χ2n) is 6.46. The van der Waals surface area contributed by atoms with Crippen molar-refractivity contribution in [2.24, 2.45) is 0 Å². The lowest BCUT2D eigenvalue weighted by Crippen LogP contribution is -2.30. The molecule has 2 aromatic carbocycles. The molecule has 0 nitrogen and oxygen atoms in total. The molecule has 3 rings (SSSR count). The molecule has 0 N–H and O–H groups in total. The molecule has 0 spiro atoms. The Morgan fingerprint density at radius 1 is 0.909 bits per heavy atom. The number of rotatable bonds is 3. The Hall–Kier alpha value is -2.34. The topological polar surface area (TPSA) is 0 Å². The van der Waals surface area contributed by atoms with Crippen molar-refractivity contribution in [2.75, 3.05) is 0 Å². The first-order chi connectivity index (χ1) is 10.4. The summed E-state index contributed by atoms with van der Waals surface area (Å²) < 4.78 is 0. The van der Waals surface area contributed by atoms with Gasteiger partial charge in [0.1, 0.15) is 0 Å². The molecule has 0 saturated carbocycles. The normalized spacial score (nSPS) is 14.9. The Morgan fingerprint density at radius 2 is 1.36 bits per heavy atom. The van der Waals surface area contributed by atoms with E-state index in [1.807, 2.05) is 6.92 Å². The summed E-state index contributed by atoms with van der Waals surface area (Å²) in [5.41, 5.74) is 8.35. The molecule has 22 heavy (non-hydrogen) atoms. The van der Waals surface area contributed by atoms with Crippen LogP contribution in [0.2, 0.25) is 0 Å². The molecular formula is C22H22. The minimum Gasteiger partial charge on any atom is -0.0959 e. The van der Waals surface area contributed by atoms with Gasteiger partial charge in [0.05, 0.1) is 0 Å². The van der Waals surface area contributed by atoms with Crippen LogP contribution in [0.15, 0.2) is 79.4 Å². The van der Waals surface area contributed by atoms with E-state index in [0.717, 1.165) is 23.1 Å². The first-order valence-electron chi connectivity index (χ1n) is 7.67. The monoisotopic (exact) mass is 286 g/mol. The average molecular weight is 286 g/mol. The molecule has 0 amide bonds. The lowest BCUT2D eigenvalue weighted by atomic mass is 9.63. The molecule has 0 bridgehead atoms. The van der Waals surface area contributed by atoms with E-state index in [2.05, 4.69) is 75.2 Å². The molecule has 0 unspecified atom stereocenters. The number of hydrogen-bond donors (Lipinski definition) is 0. The summed E-state index contributed by atoms with van der Waals surface area (Å²) in [6.45, 7) is 17.0.